The number of carboxylic acid groups (broad SMARTS) is 1. The van der Waals surface area contributed by atoms with Gasteiger partial charge >= 0.3 is 5.97 Å². The zero-order chi connectivity index (χ0) is 30.2. The minimum absolute atomic E-state index is 0.507. The Kier molecular flexibility index (Phi) is 8.19. The van der Waals surface area contributed by atoms with Crippen LogP contribution in [0.5, 0.6) is 11.5 Å². The van der Waals surface area contributed by atoms with E-state index in [1.807, 2.05) is 64.1 Å². The summed E-state index contributed by atoms with van der Waals surface area (Å²) in [5.41, 5.74) is 4.34. The van der Waals surface area contributed by atoms with Gasteiger partial charge in [-0.25, -0.2) is 19.7 Å². The molecule has 3 aromatic carbocycles. The summed E-state index contributed by atoms with van der Waals surface area (Å²) in [7, 11) is 3.16. The van der Waals surface area contributed by atoms with Crippen molar-refractivity contribution >= 4 is 39.1 Å². The SMILES string of the molecule is COc1ccc(-c2nccc(-c3nc4cc(C)c(C(OC(C)(C)C)C(=O)O)c(-c5ccc(Cl)cc5)c4s3)n2)cc1OC. The van der Waals surface area contributed by atoms with Crippen molar-refractivity contribution in [1.29, 1.82) is 0 Å². The molecule has 0 aliphatic heterocycles. The lowest BCUT2D eigenvalue weighted by atomic mass is 9.91. The van der Waals surface area contributed by atoms with Crippen molar-refractivity contribution in [2.75, 3.05) is 14.2 Å². The quantitative estimate of drug-likeness (QED) is 0.190. The Hall–Kier alpha value is -4.05. The van der Waals surface area contributed by atoms with E-state index in [0.717, 1.165) is 32.5 Å². The van der Waals surface area contributed by atoms with E-state index in [4.69, 9.17) is 35.8 Å². The van der Waals surface area contributed by atoms with Crippen LogP contribution < -0.4 is 9.47 Å². The molecule has 2 heterocycles. The molecule has 0 aliphatic rings. The molecular weight excluding hydrogens is 574 g/mol. The number of aromatic nitrogens is 3. The first kappa shape index (κ1) is 29.4. The van der Waals surface area contributed by atoms with E-state index < -0.39 is 17.7 Å². The van der Waals surface area contributed by atoms with Crippen molar-refractivity contribution in [3.8, 4) is 44.7 Å². The predicted molar refractivity (Wildman–Crippen MR) is 166 cm³/mol. The molecule has 0 aliphatic carbocycles. The number of aryl methyl sites for hydroxylation is 1. The molecule has 1 N–H and O–H groups in total. The molecule has 0 fully saturated rings. The van der Waals surface area contributed by atoms with Crippen LogP contribution in [0.2, 0.25) is 5.02 Å². The Morgan fingerprint density at radius 1 is 0.952 bits per heavy atom. The standard InChI is InChI=1S/C32H30ClN3O5S/c1-17-15-22-28(26(18-7-10-20(33)11-8-18)25(17)27(31(37)38)41-32(2,3)4)42-30(36-22)21-13-14-34-29(35-21)19-9-12-23(39-5)24(16-19)40-6/h7-16,27H,1-6H3,(H,37,38). The summed E-state index contributed by atoms with van der Waals surface area (Å²) in [6.07, 6.45) is 0.496. The van der Waals surface area contributed by atoms with Gasteiger partial charge in [0.1, 0.15) is 10.7 Å². The molecule has 0 saturated heterocycles. The second-order valence-electron chi connectivity index (χ2n) is 10.6. The van der Waals surface area contributed by atoms with Crippen LogP contribution in [0.3, 0.4) is 0 Å². The molecule has 42 heavy (non-hydrogen) atoms. The third kappa shape index (κ3) is 5.94. The highest BCUT2D eigenvalue weighted by Crippen LogP contribution is 2.44. The number of hydrogen-bond donors (Lipinski definition) is 1. The van der Waals surface area contributed by atoms with Crippen LogP contribution in [0.1, 0.15) is 38.0 Å². The van der Waals surface area contributed by atoms with Crippen LogP contribution >= 0.6 is 22.9 Å². The molecule has 0 radical (unpaired) electrons. The summed E-state index contributed by atoms with van der Waals surface area (Å²) in [5.74, 6) is 0.624. The van der Waals surface area contributed by atoms with Gasteiger partial charge in [-0.15, -0.1) is 11.3 Å². The van der Waals surface area contributed by atoms with E-state index in [1.54, 1.807) is 38.6 Å². The zero-order valence-corrected chi connectivity index (χ0v) is 25.6. The lowest BCUT2D eigenvalue weighted by Gasteiger charge is -2.28. The minimum atomic E-state index is -1.19. The molecule has 0 amide bonds. The maximum Gasteiger partial charge on any atom is 0.337 e. The van der Waals surface area contributed by atoms with Crippen LogP contribution in [0.4, 0.5) is 0 Å². The number of halogens is 1. The molecule has 0 bridgehead atoms. The van der Waals surface area contributed by atoms with Gasteiger partial charge in [-0.3, -0.25) is 0 Å². The topological polar surface area (TPSA) is 104 Å². The highest BCUT2D eigenvalue weighted by molar-refractivity contribution is 7.22. The Balaban J connectivity index is 1.70. The summed E-state index contributed by atoms with van der Waals surface area (Å²) >= 11 is 7.65. The molecule has 2 aromatic heterocycles. The molecule has 0 saturated carbocycles. The predicted octanol–water partition coefficient (Wildman–Crippen LogP) is 8.01. The number of carboxylic acids is 1. The maximum absolute atomic E-state index is 12.6. The van der Waals surface area contributed by atoms with Gasteiger partial charge in [0.05, 0.1) is 30.0 Å². The molecule has 1 atom stereocenters. The highest BCUT2D eigenvalue weighted by Gasteiger charge is 2.32. The zero-order valence-electron chi connectivity index (χ0n) is 24.1. The molecule has 10 heteroatoms. The average molecular weight is 604 g/mol. The summed E-state index contributed by atoms with van der Waals surface area (Å²) in [5, 5.41) is 11.6. The van der Waals surface area contributed by atoms with Crippen molar-refractivity contribution in [1.82, 2.24) is 15.0 Å². The number of rotatable bonds is 8. The van der Waals surface area contributed by atoms with Crippen molar-refractivity contribution in [3.63, 3.8) is 0 Å². The van der Waals surface area contributed by atoms with Crippen molar-refractivity contribution in [2.24, 2.45) is 0 Å². The van der Waals surface area contributed by atoms with Crippen molar-refractivity contribution in [2.45, 2.75) is 39.4 Å². The second kappa shape index (κ2) is 11.7. The molecule has 216 valence electrons. The van der Waals surface area contributed by atoms with Crippen LogP contribution in [0.25, 0.3) is 43.4 Å². The van der Waals surface area contributed by atoms with E-state index in [0.29, 0.717) is 38.6 Å². The van der Waals surface area contributed by atoms with Crippen LogP contribution in [-0.2, 0) is 9.53 Å². The van der Waals surface area contributed by atoms with Gasteiger partial charge in [-0.1, -0.05) is 23.7 Å². The number of methoxy groups -OCH3 is 2. The second-order valence-corrected chi connectivity index (χ2v) is 12.1. The van der Waals surface area contributed by atoms with Gasteiger partial charge in [0, 0.05) is 27.9 Å². The largest absolute Gasteiger partial charge is 0.493 e. The van der Waals surface area contributed by atoms with Crippen molar-refractivity contribution in [3.05, 3.63) is 76.9 Å². The number of ether oxygens (including phenoxy) is 3. The van der Waals surface area contributed by atoms with Crippen LogP contribution in [0, 0.1) is 6.92 Å². The fraction of sp³-hybridized carbons (Fsp3) is 0.250. The molecule has 5 rings (SSSR count). The number of nitrogens with zero attached hydrogens (tertiary/aromatic N) is 3. The fourth-order valence-corrected chi connectivity index (χ4v) is 5.96. The van der Waals surface area contributed by atoms with Crippen LogP contribution in [0.15, 0.2) is 60.8 Å². The van der Waals surface area contributed by atoms with E-state index >= 15 is 0 Å². The fourth-order valence-electron chi connectivity index (χ4n) is 4.74. The number of thiazole rings is 1. The van der Waals surface area contributed by atoms with Gasteiger partial charge in [0.15, 0.2) is 23.4 Å². The Morgan fingerprint density at radius 2 is 1.64 bits per heavy atom. The van der Waals surface area contributed by atoms with Gasteiger partial charge < -0.3 is 19.3 Å². The molecule has 1 unspecified atom stereocenters. The lowest BCUT2D eigenvalue weighted by Crippen LogP contribution is -2.28. The first-order chi connectivity index (χ1) is 20.0. The smallest absolute Gasteiger partial charge is 0.337 e. The monoisotopic (exact) mass is 603 g/mol. The number of aliphatic carboxylic acids is 1. The molecule has 5 aromatic rings. The number of hydrogen-bond acceptors (Lipinski definition) is 8. The van der Waals surface area contributed by atoms with Gasteiger partial charge in [-0.2, -0.15) is 0 Å². The lowest BCUT2D eigenvalue weighted by molar-refractivity contribution is -0.160. The Labute approximate surface area is 252 Å². The Morgan fingerprint density at radius 3 is 2.29 bits per heavy atom. The summed E-state index contributed by atoms with van der Waals surface area (Å²) < 4.78 is 17.7. The van der Waals surface area contributed by atoms with Crippen molar-refractivity contribution < 1.29 is 24.1 Å². The normalized spacial score (nSPS) is 12.4. The molecule has 8 nitrogen and oxygen atoms in total. The minimum Gasteiger partial charge on any atom is -0.493 e. The van der Waals surface area contributed by atoms with Crippen LogP contribution in [-0.4, -0.2) is 45.8 Å². The number of carbonyl (C=O) groups is 1. The van der Waals surface area contributed by atoms with E-state index in [2.05, 4.69) is 4.98 Å². The van der Waals surface area contributed by atoms with E-state index in [9.17, 15) is 9.90 Å². The van der Waals surface area contributed by atoms with Gasteiger partial charge in [0.2, 0.25) is 0 Å². The van der Waals surface area contributed by atoms with E-state index in [1.165, 1.54) is 11.3 Å². The first-order valence-corrected chi connectivity index (χ1v) is 14.3. The van der Waals surface area contributed by atoms with E-state index in [-0.39, 0.29) is 0 Å². The third-order valence-electron chi connectivity index (χ3n) is 6.54. The molecule has 0 spiro atoms. The Bertz CT molecular complexity index is 1780. The van der Waals surface area contributed by atoms with Gasteiger partial charge in [0.25, 0.3) is 0 Å². The first-order valence-electron chi connectivity index (χ1n) is 13.2. The number of benzene rings is 3. The third-order valence-corrected chi connectivity index (χ3v) is 7.90. The number of fused-ring (bicyclic) bond motifs is 1. The maximum atomic E-state index is 12.6. The van der Waals surface area contributed by atoms with Gasteiger partial charge in [-0.05, 0) is 81.3 Å². The summed E-state index contributed by atoms with van der Waals surface area (Å²) in [6, 6.07) is 16.6. The average Bonchev–Trinajstić information content (AvgIpc) is 3.38. The summed E-state index contributed by atoms with van der Waals surface area (Å²) in [6.45, 7) is 7.41. The summed E-state index contributed by atoms with van der Waals surface area (Å²) in [4.78, 5) is 26.8. The molecular formula is C32H30ClN3O5S. The highest BCUT2D eigenvalue weighted by atomic mass is 35.5.